The fourth-order valence-corrected chi connectivity index (χ4v) is 8.52. The normalized spacial score (nSPS) is 16.9. The first-order valence-corrected chi connectivity index (χ1v) is 23.6. The van der Waals surface area contributed by atoms with Crippen LogP contribution in [0, 0.1) is 11.1 Å². The van der Waals surface area contributed by atoms with E-state index in [1.807, 2.05) is 78.9 Å². The number of methoxy groups -OCH3 is 3. The van der Waals surface area contributed by atoms with Crippen molar-refractivity contribution in [2.75, 3.05) is 52.4 Å². The number of ether oxygens (including phenoxy) is 5. The minimum absolute atomic E-state index is 0.0420. The predicted octanol–water partition coefficient (Wildman–Crippen LogP) is 5.25. The maximum Gasteiger partial charge on any atom is 0.351 e. The maximum absolute atomic E-state index is 13.5. The Balaban J connectivity index is 0.00000105. The molecule has 3 aromatic carbocycles. The molecule has 1 aliphatic rings. The molecule has 0 bridgehead atoms. The van der Waals surface area contributed by atoms with Crippen molar-refractivity contribution in [1.29, 1.82) is 0 Å². The van der Waals surface area contributed by atoms with Crippen LogP contribution in [0.25, 0.3) is 0 Å². The van der Waals surface area contributed by atoms with Crippen LogP contribution in [0.2, 0.25) is 0 Å². The second-order valence-corrected chi connectivity index (χ2v) is 17.7. The Morgan fingerprint density at radius 1 is 0.892 bits per heavy atom. The Morgan fingerprint density at radius 3 is 1.97 bits per heavy atom. The van der Waals surface area contributed by atoms with Crippen molar-refractivity contribution < 1.29 is 52.1 Å². The molecule has 0 aliphatic carbocycles. The van der Waals surface area contributed by atoms with Gasteiger partial charge in [0.25, 0.3) is 0 Å². The third-order valence-electron chi connectivity index (χ3n) is 11.4. The van der Waals surface area contributed by atoms with Crippen molar-refractivity contribution in [1.82, 2.24) is 9.55 Å². The lowest BCUT2D eigenvalue weighted by molar-refractivity contribution is -0.894. The average molecular weight is 916 g/mol. The van der Waals surface area contributed by atoms with Gasteiger partial charge in [-0.25, -0.2) is 4.79 Å². The Morgan fingerprint density at radius 2 is 1.46 bits per heavy atom. The molecule has 1 saturated heterocycles. The number of pyridine rings is 1. The molecule has 4 atom stereocenters. The van der Waals surface area contributed by atoms with Crippen molar-refractivity contribution in [3.8, 4) is 17.2 Å². The highest BCUT2D eigenvalue weighted by molar-refractivity contribution is 7.51. The van der Waals surface area contributed by atoms with E-state index in [4.69, 9.17) is 28.2 Å². The van der Waals surface area contributed by atoms with Crippen LogP contribution in [-0.4, -0.2) is 74.8 Å². The standard InChI is InChI=1S/C42H47N4O11P.C6H15N/c1-28(2)40(47)43-38-20-22-45(41(48)44-38)39-26-37(36(56-39)21-24-58(50,51)55-27-32-25-35(54-5)19-23-46(32)49)57-42(29-9-7-6-8-10-29,30-11-15-33(52-3)16-12-30)31-13-17-34(53-4)18-14-31;1-4-7(5-2)6-3/h6-20,22-23,25,28,36-37,39H,21,24,26-27H2,1-5H3,(H,50,51)(H,43,44,47,48);4-6H2,1-3H3/t36-,37+,39-;/m1./s1. The van der Waals surface area contributed by atoms with Crippen LogP contribution in [0.4, 0.5) is 5.82 Å². The van der Waals surface area contributed by atoms with Crippen LogP contribution < -0.4 is 39.7 Å². The number of amides is 1. The van der Waals surface area contributed by atoms with Gasteiger partial charge < -0.3 is 53.1 Å². The maximum atomic E-state index is 13.5. The molecule has 0 radical (unpaired) electrons. The number of quaternary nitrogens is 1. The van der Waals surface area contributed by atoms with E-state index in [9.17, 15) is 24.3 Å². The SMILES string of the molecule is CC[NH+](CC)CC.COc1ccc(C(O[C@H]2C[C@H](n3ccc(NC(=O)C(C)C)nc3=O)O[C@@H]2CCP(=O)([O-])OCc2cc(OC)cc[n+]2[O-])(c2ccccc2)c2ccc(OC)cc2)cc1. The van der Waals surface area contributed by atoms with E-state index in [0.29, 0.717) is 22.0 Å². The summed E-state index contributed by atoms with van der Waals surface area (Å²) in [6.45, 7) is 13.4. The van der Waals surface area contributed by atoms with E-state index in [1.165, 1.54) is 61.9 Å². The van der Waals surface area contributed by atoms with Crippen molar-refractivity contribution in [3.63, 3.8) is 0 Å². The lowest BCUT2D eigenvalue weighted by Gasteiger charge is -2.39. The molecular weight excluding hydrogens is 854 g/mol. The number of aromatic nitrogens is 3. The van der Waals surface area contributed by atoms with E-state index in [0.717, 1.165) is 16.7 Å². The van der Waals surface area contributed by atoms with Crippen molar-refractivity contribution in [2.45, 2.75) is 78.1 Å². The third kappa shape index (κ3) is 13.0. The van der Waals surface area contributed by atoms with Gasteiger partial charge in [0, 0.05) is 30.8 Å². The Kier molecular flexibility index (Phi) is 18.2. The molecule has 2 aromatic heterocycles. The number of nitrogens with zero attached hydrogens (tertiary/aromatic N) is 3. The largest absolute Gasteiger partial charge is 0.778 e. The van der Waals surface area contributed by atoms with Crippen LogP contribution in [0.1, 0.15) is 76.1 Å². The van der Waals surface area contributed by atoms with Gasteiger partial charge in [-0.3, -0.25) is 9.36 Å². The number of carbonyl (C=O) groups is 1. The summed E-state index contributed by atoms with van der Waals surface area (Å²) in [5.74, 6) is 1.08. The number of nitrogens with one attached hydrogen (secondary N) is 2. The number of hydrogen-bond donors (Lipinski definition) is 2. The molecule has 1 unspecified atom stereocenters. The van der Waals surface area contributed by atoms with Crippen LogP contribution in [-0.2, 0) is 35.6 Å². The highest BCUT2D eigenvalue weighted by Crippen LogP contribution is 2.47. The minimum atomic E-state index is -4.58. The molecule has 1 aliphatic heterocycles. The van der Waals surface area contributed by atoms with Gasteiger partial charge in [0.05, 0.1) is 59.2 Å². The molecule has 65 heavy (non-hydrogen) atoms. The smallest absolute Gasteiger partial charge is 0.351 e. The highest BCUT2D eigenvalue weighted by Gasteiger charge is 2.46. The number of benzene rings is 3. The number of carbonyl (C=O) groups excluding carboxylic acids is 1. The Hall–Kier alpha value is -5.61. The summed E-state index contributed by atoms with van der Waals surface area (Å²) in [6, 6.07) is 28.8. The van der Waals surface area contributed by atoms with Gasteiger partial charge >= 0.3 is 5.69 Å². The molecule has 1 fully saturated rings. The molecule has 2 N–H and O–H groups in total. The van der Waals surface area contributed by atoms with Crippen LogP contribution in [0.15, 0.2) is 114 Å². The van der Waals surface area contributed by atoms with Gasteiger partial charge in [0.1, 0.15) is 49.1 Å². The van der Waals surface area contributed by atoms with Gasteiger partial charge in [-0.05, 0) is 74.2 Å². The number of anilines is 1. The predicted molar refractivity (Wildman–Crippen MR) is 244 cm³/mol. The van der Waals surface area contributed by atoms with E-state index >= 15 is 0 Å². The van der Waals surface area contributed by atoms with E-state index in [1.54, 1.807) is 33.0 Å². The van der Waals surface area contributed by atoms with E-state index in [2.05, 4.69) is 31.1 Å². The van der Waals surface area contributed by atoms with Gasteiger partial charge in [0.2, 0.25) is 11.6 Å². The van der Waals surface area contributed by atoms with E-state index < -0.39 is 50.1 Å². The molecule has 6 rings (SSSR count). The lowest BCUT2D eigenvalue weighted by Crippen LogP contribution is -3.11. The summed E-state index contributed by atoms with van der Waals surface area (Å²) < 4.78 is 50.6. The first-order valence-electron chi connectivity index (χ1n) is 21.8. The molecule has 1 amide bonds. The zero-order valence-corrected chi connectivity index (χ0v) is 39.3. The van der Waals surface area contributed by atoms with Crippen LogP contribution in [0.3, 0.4) is 0 Å². The van der Waals surface area contributed by atoms with Gasteiger partial charge in [-0.15, -0.1) is 0 Å². The van der Waals surface area contributed by atoms with Crippen LogP contribution in [0.5, 0.6) is 17.2 Å². The summed E-state index contributed by atoms with van der Waals surface area (Å²) in [4.78, 5) is 45.0. The number of hydrogen-bond acceptors (Lipinski definition) is 12. The van der Waals surface area contributed by atoms with Crippen molar-refractivity contribution in [3.05, 3.63) is 148 Å². The lowest BCUT2D eigenvalue weighted by atomic mass is 9.79. The zero-order chi connectivity index (χ0) is 47.1. The quantitative estimate of drug-likeness (QED) is 0.0447. The van der Waals surface area contributed by atoms with E-state index in [-0.39, 0.29) is 36.2 Å². The summed E-state index contributed by atoms with van der Waals surface area (Å²) >= 11 is 0. The molecule has 350 valence electrons. The molecule has 0 spiro atoms. The van der Waals surface area contributed by atoms with Crippen molar-refractivity contribution >= 4 is 19.3 Å². The zero-order valence-electron chi connectivity index (χ0n) is 38.4. The molecule has 17 heteroatoms. The number of rotatable bonds is 20. The third-order valence-corrected chi connectivity index (χ3v) is 12.7. The van der Waals surface area contributed by atoms with Gasteiger partial charge in [-0.1, -0.05) is 68.4 Å². The summed E-state index contributed by atoms with van der Waals surface area (Å²) in [7, 11) is 0.00656. The molecule has 5 aromatic rings. The summed E-state index contributed by atoms with van der Waals surface area (Å²) in [5, 5.41) is 15.0. The van der Waals surface area contributed by atoms with Crippen molar-refractivity contribution in [2.24, 2.45) is 5.92 Å². The monoisotopic (exact) mass is 915 g/mol. The molecular formula is C48H62N5O11P. The minimum Gasteiger partial charge on any atom is -0.778 e. The fourth-order valence-electron chi connectivity index (χ4n) is 7.49. The molecule has 3 heterocycles. The second kappa shape index (κ2) is 23.5. The average Bonchev–Trinajstić information content (AvgIpc) is 3.72. The highest BCUT2D eigenvalue weighted by atomic mass is 31.2. The Labute approximate surface area is 381 Å². The summed E-state index contributed by atoms with van der Waals surface area (Å²) in [6.07, 6.45) is -0.466. The van der Waals surface area contributed by atoms with Gasteiger partial charge in [0.15, 0.2) is 6.20 Å². The van der Waals surface area contributed by atoms with Crippen LogP contribution >= 0.6 is 7.60 Å². The molecule has 16 nitrogen and oxygen atoms in total. The van der Waals surface area contributed by atoms with Gasteiger partial charge in [-0.2, -0.15) is 9.71 Å². The Bertz CT molecular complexity index is 2330. The summed E-state index contributed by atoms with van der Waals surface area (Å²) in [5.41, 5.74) is 0.281. The second-order valence-electron chi connectivity index (χ2n) is 15.8. The molecule has 0 saturated carbocycles. The first-order chi connectivity index (χ1) is 31.2. The topological polar surface area (TPSA) is 191 Å². The fraction of sp³-hybridized carbons (Fsp3) is 0.417. The first kappa shape index (κ1) is 50.4.